The maximum absolute atomic E-state index is 13.5. The quantitative estimate of drug-likeness (QED) is 0.688. The third-order valence-electron chi connectivity index (χ3n) is 5.10. The summed E-state index contributed by atoms with van der Waals surface area (Å²) >= 11 is 0. The van der Waals surface area contributed by atoms with Crippen LogP contribution in [0.15, 0.2) is 42.2 Å². The molecule has 0 radical (unpaired) electrons. The zero-order valence-corrected chi connectivity index (χ0v) is 17.0. The van der Waals surface area contributed by atoms with E-state index in [2.05, 4.69) is 20.3 Å². The Morgan fingerprint density at radius 2 is 1.72 bits per heavy atom. The molecule has 150 valence electrons. The molecule has 0 saturated heterocycles. The minimum absolute atomic E-state index is 0.0457. The second-order valence-corrected chi connectivity index (χ2v) is 7.21. The molecule has 0 aliphatic carbocycles. The monoisotopic (exact) mass is 393 g/mol. The van der Waals surface area contributed by atoms with E-state index in [4.69, 9.17) is 9.47 Å². The number of nitrogens with one attached hydrogen (secondary N) is 2. The second-order valence-electron chi connectivity index (χ2n) is 7.21. The number of H-pyrrole nitrogens is 1. The van der Waals surface area contributed by atoms with E-state index in [1.165, 1.54) is 0 Å². The number of aromatic amines is 1. The Bertz CT molecular complexity index is 1080. The fraction of sp³-hybridized carbons (Fsp3) is 0.286. The van der Waals surface area contributed by atoms with E-state index in [0.29, 0.717) is 29.0 Å². The van der Waals surface area contributed by atoms with Crippen LogP contribution in [0.2, 0.25) is 0 Å². The van der Waals surface area contributed by atoms with Gasteiger partial charge < -0.3 is 24.7 Å². The highest BCUT2D eigenvalue weighted by atomic mass is 16.5. The molecule has 0 fully saturated rings. The smallest absolute Gasteiger partial charge is 0.218 e. The van der Waals surface area contributed by atoms with E-state index in [-0.39, 0.29) is 5.78 Å². The summed E-state index contributed by atoms with van der Waals surface area (Å²) in [7, 11) is 4.87. The number of nitrogens with zero attached hydrogens (tertiary/aromatic N) is 3. The summed E-state index contributed by atoms with van der Waals surface area (Å²) in [5, 5.41) is 3.19. The standard InChI is InChI=1S/C21H23N5O3/c1-21(2)18(27)17(19-23-13-8-6-7-9-14(13)24-19)20(22-3)26(21)12-10-15(28-4)25-16(11-12)29-5/h6-11,22H,1-5H3,(H,23,24). The van der Waals surface area contributed by atoms with Gasteiger partial charge in [-0.2, -0.15) is 4.98 Å². The molecule has 3 aromatic rings. The van der Waals surface area contributed by atoms with Crippen LogP contribution in [0.25, 0.3) is 16.6 Å². The van der Waals surface area contributed by atoms with Crippen LogP contribution in [0.3, 0.4) is 0 Å². The average Bonchev–Trinajstić information content (AvgIpc) is 3.23. The number of carbonyl (C=O) groups excluding carboxylic acids is 1. The van der Waals surface area contributed by atoms with Gasteiger partial charge in [-0.15, -0.1) is 0 Å². The highest BCUT2D eigenvalue weighted by Crippen LogP contribution is 2.42. The molecule has 0 unspecified atom stereocenters. The first-order valence-corrected chi connectivity index (χ1v) is 9.23. The molecular formula is C21H23N5O3. The fourth-order valence-corrected chi connectivity index (χ4v) is 3.69. The Kier molecular flexibility index (Phi) is 4.41. The number of carbonyl (C=O) groups is 1. The lowest BCUT2D eigenvalue weighted by atomic mass is 9.96. The van der Waals surface area contributed by atoms with Gasteiger partial charge in [0, 0.05) is 19.2 Å². The summed E-state index contributed by atoms with van der Waals surface area (Å²) in [6.45, 7) is 3.75. The van der Waals surface area contributed by atoms with Gasteiger partial charge in [-0.25, -0.2) is 4.98 Å². The first-order chi connectivity index (χ1) is 13.9. The number of ketones is 1. The number of hydrogen-bond donors (Lipinski definition) is 2. The zero-order chi connectivity index (χ0) is 20.8. The minimum atomic E-state index is -0.857. The first kappa shape index (κ1) is 18.8. The number of ether oxygens (including phenoxy) is 2. The van der Waals surface area contributed by atoms with Crippen LogP contribution in [-0.4, -0.2) is 47.5 Å². The Balaban J connectivity index is 1.93. The largest absolute Gasteiger partial charge is 0.481 e. The number of fused-ring (bicyclic) bond motifs is 1. The number of Topliss-reactive ketones (excluding diaryl/α,β-unsaturated/α-hetero) is 1. The molecule has 2 aromatic heterocycles. The summed E-state index contributed by atoms with van der Waals surface area (Å²) in [5.74, 6) is 1.93. The predicted octanol–water partition coefficient (Wildman–Crippen LogP) is 2.73. The van der Waals surface area contributed by atoms with Crippen molar-refractivity contribution in [2.45, 2.75) is 19.4 Å². The van der Waals surface area contributed by atoms with E-state index in [0.717, 1.165) is 16.7 Å². The number of benzene rings is 1. The topological polar surface area (TPSA) is 92.4 Å². The van der Waals surface area contributed by atoms with Gasteiger partial charge in [0.15, 0.2) is 5.78 Å². The summed E-state index contributed by atoms with van der Waals surface area (Å²) in [6, 6.07) is 11.2. The maximum atomic E-state index is 13.5. The molecule has 2 N–H and O–H groups in total. The molecule has 0 atom stereocenters. The van der Waals surface area contributed by atoms with Gasteiger partial charge in [0.25, 0.3) is 0 Å². The van der Waals surface area contributed by atoms with Crippen molar-refractivity contribution in [2.75, 3.05) is 26.2 Å². The van der Waals surface area contributed by atoms with Crippen molar-refractivity contribution in [2.24, 2.45) is 0 Å². The molecule has 0 spiro atoms. The molecule has 1 aliphatic heterocycles. The highest BCUT2D eigenvalue weighted by molar-refractivity contribution is 6.29. The molecular weight excluding hydrogens is 370 g/mol. The Hall–Kier alpha value is -3.55. The summed E-state index contributed by atoms with van der Waals surface area (Å²) in [4.78, 5) is 27.6. The van der Waals surface area contributed by atoms with Crippen LogP contribution in [0.4, 0.5) is 5.69 Å². The number of rotatable bonds is 5. The lowest BCUT2D eigenvalue weighted by Gasteiger charge is -2.34. The van der Waals surface area contributed by atoms with Crippen molar-refractivity contribution in [1.82, 2.24) is 20.3 Å². The average molecular weight is 393 g/mol. The van der Waals surface area contributed by atoms with Crippen molar-refractivity contribution in [3.63, 3.8) is 0 Å². The van der Waals surface area contributed by atoms with Gasteiger partial charge in [-0.05, 0) is 26.0 Å². The maximum Gasteiger partial charge on any atom is 0.218 e. The van der Waals surface area contributed by atoms with Crippen LogP contribution < -0.4 is 19.7 Å². The molecule has 4 rings (SSSR count). The van der Waals surface area contributed by atoms with E-state index < -0.39 is 5.54 Å². The molecule has 0 bridgehead atoms. The highest BCUT2D eigenvalue weighted by Gasteiger charge is 2.48. The molecule has 29 heavy (non-hydrogen) atoms. The number of imidazole rings is 1. The Labute approximate surface area is 168 Å². The SMILES string of the molecule is CNC1=C(c2nc3ccccc3[nH]2)C(=O)C(C)(C)N1c1cc(OC)nc(OC)c1. The van der Waals surface area contributed by atoms with Crippen LogP contribution in [-0.2, 0) is 4.79 Å². The van der Waals surface area contributed by atoms with Crippen molar-refractivity contribution in [3.05, 3.63) is 48.0 Å². The van der Waals surface area contributed by atoms with Gasteiger partial charge in [0.2, 0.25) is 11.8 Å². The molecule has 1 aliphatic rings. The number of para-hydroxylation sites is 2. The second kappa shape index (κ2) is 6.80. The van der Waals surface area contributed by atoms with Gasteiger partial charge in [0.05, 0.1) is 30.9 Å². The van der Waals surface area contributed by atoms with Crippen molar-refractivity contribution < 1.29 is 14.3 Å². The fourth-order valence-electron chi connectivity index (χ4n) is 3.69. The van der Waals surface area contributed by atoms with E-state index in [9.17, 15) is 4.79 Å². The molecule has 0 saturated carbocycles. The normalized spacial score (nSPS) is 15.9. The predicted molar refractivity (Wildman–Crippen MR) is 111 cm³/mol. The van der Waals surface area contributed by atoms with Crippen LogP contribution >= 0.6 is 0 Å². The van der Waals surface area contributed by atoms with Crippen LogP contribution in [0.5, 0.6) is 11.8 Å². The van der Waals surface area contributed by atoms with E-state index >= 15 is 0 Å². The minimum Gasteiger partial charge on any atom is -0.481 e. The van der Waals surface area contributed by atoms with Gasteiger partial charge in [-0.3, -0.25) is 4.79 Å². The summed E-state index contributed by atoms with van der Waals surface area (Å²) < 4.78 is 10.6. The summed E-state index contributed by atoms with van der Waals surface area (Å²) in [6.07, 6.45) is 0. The van der Waals surface area contributed by atoms with Crippen molar-refractivity contribution in [3.8, 4) is 11.8 Å². The van der Waals surface area contributed by atoms with Gasteiger partial charge in [0.1, 0.15) is 22.8 Å². The third-order valence-corrected chi connectivity index (χ3v) is 5.10. The summed E-state index contributed by atoms with van der Waals surface area (Å²) in [5.41, 5.74) is 2.05. The molecule has 0 amide bonds. The number of pyridine rings is 1. The van der Waals surface area contributed by atoms with Gasteiger partial charge in [-0.1, -0.05) is 12.1 Å². The van der Waals surface area contributed by atoms with Crippen molar-refractivity contribution >= 4 is 28.1 Å². The molecule has 8 nitrogen and oxygen atoms in total. The van der Waals surface area contributed by atoms with E-state index in [1.54, 1.807) is 33.4 Å². The van der Waals surface area contributed by atoms with E-state index in [1.807, 2.05) is 43.0 Å². The number of hydrogen-bond acceptors (Lipinski definition) is 7. The Morgan fingerprint density at radius 3 is 2.31 bits per heavy atom. The Morgan fingerprint density at radius 1 is 1.07 bits per heavy atom. The third kappa shape index (κ3) is 2.88. The lowest BCUT2D eigenvalue weighted by Crippen LogP contribution is -2.46. The number of methoxy groups -OCH3 is 2. The van der Waals surface area contributed by atoms with Crippen LogP contribution in [0.1, 0.15) is 19.7 Å². The number of anilines is 1. The van der Waals surface area contributed by atoms with Crippen molar-refractivity contribution in [1.29, 1.82) is 0 Å². The zero-order valence-electron chi connectivity index (χ0n) is 17.0. The molecule has 1 aromatic carbocycles. The molecule has 8 heteroatoms. The lowest BCUT2D eigenvalue weighted by molar-refractivity contribution is -0.116. The number of aromatic nitrogens is 3. The molecule has 3 heterocycles. The van der Waals surface area contributed by atoms with Crippen LogP contribution in [0, 0.1) is 0 Å². The van der Waals surface area contributed by atoms with Gasteiger partial charge >= 0.3 is 0 Å². The first-order valence-electron chi connectivity index (χ1n) is 9.23.